The van der Waals surface area contributed by atoms with Gasteiger partial charge in [0.2, 0.25) is 0 Å². The van der Waals surface area contributed by atoms with E-state index in [4.69, 9.17) is 5.11 Å². The lowest BCUT2D eigenvalue weighted by atomic mass is 10.2. The van der Waals surface area contributed by atoms with Crippen LogP contribution in [-0.2, 0) is 0 Å². The minimum absolute atomic E-state index is 0.144. The number of imidazole rings is 1. The van der Waals surface area contributed by atoms with Crippen LogP contribution in [0.5, 0.6) is 0 Å². The Kier molecular flexibility index (Phi) is 3.69. The number of carboxylic acids is 1. The summed E-state index contributed by atoms with van der Waals surface area (Å²) >= 11 is 0. The lowest BCUT2D eigenvalue weighted by Gasteiger charge is -2.12. The first-order chi connectivity index (χ1) is 9.49. The Balaban J connectivity index is 2.15. The number of carbonyl (C=O) groups is 2. The van der Waals surface area contributed by atoms with Crippen molar-refractivity contribution in [1.29, 1.82) is 0 Å². The Labute approximate surface area is 115 Å². The maximum atomic E-state index is 12.0. The number of aromatic amines is 1. The summed E-state index contributed by atoms with van der Waals surface area (Å²) in [4.78, 5) is 30.9. The fourth-order valence-corrected chi connectivity index (χ4v) is 1.66. The highest BCUT2D eigenvalue weighted by Crippen LogP contribution is 2.16. The molecule has 0 saturated carbocycles. The quantitative estimate of drug-likeness (QED) is 0.783. The third kappa shape index (κ3) is 2.77. The van der Waals surface area contributed by atoms with Gasteiger partial charge in [0.15, 0.2) is 11.4 Å². The van der Waals surface area contributed by atoms with Crippen molar-refractivity contribution in [2.24, 2.45) is 0 Å². The third-order valence-electron chi connectivity index (χ3n) is 2.71. The Morgan fingerprint density at radius 1 is 1.25 bits per heavy atom. The lowest BCUT2D eigenvalue weighted by molar-refractivity contribution is 0.0686. The van der Waals surface area contributed by atoms with Gasteiger partial charge in [-0.25, -0.2) is 9.78 Å². The summed E-state index contributed by atoms with van der Waals surface area (Å²) < 4.78 is 0. The van der Waals surface area contributed by atoms with Gasteiger partial charge in [-0.3, -0.25) is 4.79 Å². The van der Waals surface area contributed by atoms with Crippen molar-refractivity contribution in [1.82, 2.24) is 9.97 Å². The van der Waals surface area contributed by atoms with Gasteiger partial charge in [0.1, 0.15) is 0 Å². The molecule has 0 spiro atoms. The largest absolute Gasteiger partial charge is 0.477 e. The fourth-order valence-electron chi connectivity index (χ4n) is 1.66. The average Bonchev–Trinajstić information content (AvgIpc) is 2.88. The number of hydrogen-bond donors (Lipinski definition) is 3. The van der Waals surface area contributed by atoms with Crippen molar-refractivity contribution in [2.45, 2.75) is 0 Å². The molecular formula is C13H14N4O3. The number of anilines is 2. The van der Waals surface area contributed by atoms with Crippen LogP contribution >= 0.6 is 0 Å². The second-order valence-corrected chi connectivity index (χ2v) is 4.33. The van der Waals surface area contributed by atoms with Crippen molar-refractivity contribution in [2.75, 3.05) is 24.3 Å². The van der Waals surface area contributed by atoms with Crippen LogP contribution < -0.4 is 10.2 Å². The maximum Gasteiger partial charge on any atom is 0.354 e. The molecule has 0 saturated heterocycles. The highest BCUT2D eigenvalue weighted by molar-refractivity contribution is 6.08. The van der Waals surface area contributed by atoms with Gasteiger partial charge in [0, 0.05) is 25.5 Å². The predicted molar refractivity (Wildman–Crippen MR) is 74.3 cm³/mol. The lowest BCUT2D eigenvalue weighted by Crippen LogP contribution is -2.16. The molecule has 0 atom stereocenters. The molecule has 2 rings (SSSR count). The maximum absolute atomic E-state index is 12.0. The fraction of sp³-hybridized carbons (Fsp3) is 0.154. The van der Waals surface area contributed by atoms with Crippen LogP contribution in [0.4, 0.5) is 11.4 Å². The van der Waals surface area contributed by atoms with Gasteiger partial charge in [-0.2, -0.15) is 0 Å². The topological polar surface area (TPSA) is 98.3 Å². The number of carboxylic acid groups (broad SMARTS) is 1. The molecule has 1 aromatic carbocycles. The molecule has 104 valence electrons. The van der Waals surface area contributed by atoms with Crippen LogP contribution in [0.25, 0.3) is 0 Å². The van der Waals surface area contributed by atoms with Crippen molar-refractivity contribution < 1.29 is 14.7 Å². The van der Waals surface area contributed by atoms with E-state index in [-0.39, 0.29) is 11.4 Å². The van der Waals surface area contributed by atoms with E-state index >= 15 is 0 Å². The van der Waals surface area contributed by atoms with E-state index in [1.807, 2.05) is 31.1 Å². The Morgan fingerprint density at radius 2 is 1.90 bits per heavy atom. The van der Waals surface area contributed by atoms with Gasteiger partial charge in [0.05, 0.1) is 6.33 Å². The number of hydrogen-bond acceptors (Lipinski definition) is 4. The van der Waals surface area contributed by atoms with Gasteiger partial charge in [-0.15, -0.1) is 0 Å². The van der Waals surface area contributed by atoms with Gasteiger partial charge in [-0.05, 0) is 24.3 Å². The van der Waals surface area contributed by atoms with E-state index < -0.39 is 11.9 Å². The average molecular weight is 274 g/mol. The molecule has 0 aliphatic rings. The van der Waals surface area contributed by atoms with Gasteiger partial charge < -0.3 is 20.3 Å². The van der Waals surface area contributed by atoms with Gasteiger partial charge >= 0.3 is 5.97 Å². The summed E-state index contributed by atoms with van der Waals surface area (Å²) in [5.74, 6) is -1.79. The van der Waals surface area contributed by atoms with Crippen molar-refractivity contribution in [3.63, 3.8) is 0 Å². The summed E-state index contributed by atoms with van der Waals surface area (Å²) in [5.41, 5.74) is 1.19. The highest BCUT2D eigenvalue weighted by atomic mass is 16.4. The smallest absolute Gasteiger partial charge is 0.354 e. The van der Waals surface area contributed by atoms with Crippen molar-refractivity contribution >= 4 is 23.3 Å². The molecule has 1 amide bonds. The highest BCUT2D eigenvalue weighted by Gasteiger charge is 2.19. The molecule has 7 heteroatoms. The van der Waals surface area contributed by atoms with Gasteiger partial charge in [0.25, 0.3) is 5.91 Å². The second kappa shape index (κ2) is 5.43. The molecule has 1 heterocycles. The number of rotatable bonds is 4. The summed E-state index contributed by atoms with van der Waals surface area (Å²) in [6.45, 7) is 0. The zero-order valence-corrected chi connectivity index (χ0v) is 11.0. The summed E-state index contributed by atoms with van der Waals surface area (Å²) in [6, 6.07) is 7.16. The molecule has 1 aromatic heterocycles. The first-order valence-corrected chi connectivity index (χ1v) is 5.84. The SMILES string of the molecule is CN(C)c1ccc(NC(=O)c2nc[nH]c2C(=O)O)cc1. The Morgan fingerprint density at radius 3 is 2.45 bits per heavy atom. The monoisotopic (exact) mass is 274 g/mol. The number of nitrogens with zero attached hydrogens (tertiary/aromatic N) is 2. The number of nitrogens with one attached hydrogen (secondary N) is 2. The molecule has 0 aliphatic heterocycles. The minimum Gasteiger partial charge on any atom is -0.477 e. The van der Waals surface area contributed by atoms with E-state index in [0.29, 0.717) is 5.69 Å². The molecule has 0 fully saturated rings. The van der Waals surface area contributed by atoms with Crippen LogP contribution in [0.2, 0.25) is 0 Å². The number of aromatic nitrogens is 2. The summed E-state index contributed by atoms with van der Waals surface area (Å²) in [6.07, 6.45) is 1.17. The van der Waals surface area contributed by atoms with E-state index in [0.717, 1.165) is 5.69 Å². The molecule has 20 heavy (non-hydrogen) atoms. The molecule has 0 unspecified atom stereocenters. The van der Waals surface area contributed by atoms with Gasteiger partial charge in [-0.1, -0.05) is 0 Å². The minimum atomic E-state index is -1.23. The van der Waals surface area contributed by atoms with E-state index in [1.54, 1.807) is 12.1 Å². The van der Waals surface area contributed by atoms with E-state index in [1.165, 1.54) is 6.33 Å². The predicted octanol–water partition coefficient (Wildman–Crippen LogP) is 1.43. The van der Waals surface area contributed by atoms with Crippen LogP contribution in [-0.4, -0.2) is 41.0 Å². The molecule has 0 aliphatic carbocycles. The standard InChI is InChI=1S/C13H14N4O3/c1-17(2)9-5-3-8(4-6-9)16-12(18)10-11(13(19)20)15-7-14-10/h3-7H,1-2H3,(H,14,15)(H,16,18)(H,19,20). The van der Waals surface area contributed by atoms with Crippen LogP contribution in [0.1, 0.15) is 21.0 Å². The first kappa shape index (κ1) is 13.6. The molecule has 2 aromatic rings. The molecule has 7 nitrogen and oxygen atoms in total. The Hall–Kier alpha value is -2.83. The van der Waals surface area contributed by atoms with Crippen LogP contribution in [0.15, 0.2) is 30.6 Å². The van der Waals surface area contributed by atoms with E-state index in [9.17, 15) is 9.59 Å². The molecular weight excluding hydrogens is 260 g/mol. The number of aromatic carboxylic acids is 1. The molecule has 0 bridgehead atoms. The number of H-pyrrole nitrogens is 1. The number of carbonyl (C=O) groups excluding carboxylic acids is 1. The number of benzene rings is 1. The summed E-state index contributed by atoms with van der Waals surface area (Å²) in [5, 5.41) is 11.5. The molecule has 3 N–H and O–H groups in total. The Bertz CT molecular complexity index is 631. The second-order valence-electron chi connectivity index (χ2n) is 4.33. The normalized spacial score (nSPS) is 10.1. The van der Waals surface area contributed by atoms with Crippen molar-refractivity contribution in [3.05, 3.63) is 42.0 Å². The molecule has 0 radical (unpaired) electrons. The van der Waals surface area contributed by atoms with Crippen LogP contribution in [0.3, 0.4) is 0 Å². The number of amides is 1. The zero-order chi connectivity index (χ0) is 14.7. The van der Waals surface area contributed by atoms with E-state index in [2.05, 4.69) is 15.3 Å². The summed E-state index contributed by atoms with van der Waals surface area (Å²) in [7, 11) is 3.83. The third-order valence-corrected chi connectivity index (χ3v) is 2.71. The van der Waals surface area contributed by atoms with Crippen LogP contribution in [0, 0.1) is 0 Å². The first-order valence-electron chi connectivity index (χ1n) is 5.84. The zero-order valence-electron chi connectivity index (χ0n) is 11.0. The van der Waals surface area contributed by atoms with Crippen molar-refractivity contribution in [3.8, 4) is 0 Å².